The Bertz CT molecular complexity index is 407. The number of carbonyl (C=O) groups is 2. The summed E-state index contributed by atoms with van der Waals surface area (Å²) in [5, 5.41) is 11.8. The van der Waals surface area contributed by atoms with Gasteiger partial charge in [0.25, 0.3) is 5.91 Å². The Labute approximate surface area is 105 Å². The second-order valence-electron chi connectivity index (χ2n) is 4.66. The van der Waals surface area contributed by atoms with Crippen LogP contribution in [0.25, 0.3) is 0 Å². The van der Waals surface area contributed by atoms with Crippen LogP contribution in [0.2, 0.25) is 0 Å². The van der Waals surface area contributed by atoms with Crippen molar-refractivity contribution in [1.82, 2.24) is 5.32 Å². The first-order valence-corrected chi connectivity index (χ1v) is 6.25. The summed E-state index contributed by atoms with van der Waals surface area (Å²) in [6.45, 7) is 0. The third-order valence-corrected chi connectivity index (χ3v) is 3.42. The van der Waals surface area contributed by atoms with Crippen LogP contribution >= 0.6 is 0 Å². The fraction of sp³-hybridized carbons (Fsp3) is 0.538. The molecule has 1 fully saturated rings. The lowest BCUT2D eigenvalue weighted by molar-refractivity contribution is -0.141. The molecule has 5 heteroatoms. The minimum absolute atomic E-state index is 0.0233. The van der Waals surface area contributed by atoms with Gasteiger partial charge in [-0.05, 0) is 30.9 Å². The topological polar surface area (TPSA) is 79.5 Å². The average molecular weight is 251 g/mol. The molecule has 0 radical (unpaired) electrons. The van der Waals surface area contributed by atoms with Gasteiger partial charge in [-0.1, -0.05) is 19.3 Å². The van der Waals surface area contributed by atoms with Crippen LogP contribution in [-0.2, 0) is 4.79 Å². The second kappa shape index (κ2) is 5.71. The van der Waals surface area contributed by atoms with Gasteiger partial charge >= 0.3 is 5.97 Å². The smallest absolute Gasteiger partial charge is 0.326 e. The summed E-state index contributed by atoms with van der Waals surface area (Å²) in [5.74, 6) is -1.26. The Morgan fingerprint density at radius 3 is 2.61 bits per heavy atom. The number of hydrogen-bond donors (Lipinski definition) is 2. The number of rotatable bonds is 4. The van der Waals surface area contributed by atoms with Gasteiger partial charge in [0.2, 0.25) is 0 Å². The standard InChI is InChI=1S/C13H17NO4/c15-12(10-7-4-8-18-10)14-11(13(16)17)9-5-2-1-3-6-9/h4,7-9,11H,1-3,5-6H2,(H,14,15)(H,16,17). The number of amides is 1. The van der Waals surface area contributed by atoms with Crippen LogP contribution in [0, 0.1) is 5.92 Å². The Morgan fingerprint density at radius 2 is 2.06 bits per heavy atom. The molecule has 0 saturated heterocycles. The van der Waals surface area contributed by atoms with Gasteiger partial charge in [0, 0.05) is 0 Å². The molecule has 1 aliphatic carbocycles. The first-order valence-electron chi connectivity index (χ1n) is 6.25. The zero-order chi connectivity index (χ0) is 13.0. The number of carbonyl (C=O) groups excluding carboxylic acids is 1. The molecule has 0 bridgehead atoms. The van der Waals surface area contributed by atoms with E-state index < -0.39 is 17.9 Å². The van der Waals surface area contributed by atoms with E-state index in [9.17, 15) is 14.7 Å². The molecule has 1 aromatic rings. The molecule has 18 heavy (non-hydrogen) atoms. The molecule has 0 spiro atoms. The van der Waals surface area contributed by atoms with Gasteiger partial charge in [0.05, 0.1) is 6.26 Å². The lowest BCUT2D eigenvalue weighted by atomic mass is 9.84. The molecule has 1 saturated carbocycles. The number of nitrogens with one attached hydrogen (secondary N) is 1. The molecular formula is C13H17NO4. The van der Waals surface area contributed by atoms with E-state index in [1.54, 1.807) is 6.07 Å². The largest absolute Gasteiger partial charge is 0.480 e. The quantitative estimate of drug-likeness (QED) is 0.858. The van der Waals surface area contributed by atoms with Crippen LogP contribution in [-0.4, -0.2) is 23.0 Å². The first-order chi connectivity index (χ1) is 8.68. The minimum atomic E-state index is -0.971. The molecule has 0 aromatic carbocycles. The van der Waals surface area contributed by atoms with Crippen molar-refractivity contribution in [2.45, 2.75) is 38.1 Å². The lowest BCUT2D eigenvalue weighted by Crippen LogP contribution is -2.46. The van der Waals surface area contributed by atoms with E-state index in [4.69, 9.17) is 4.42 Å². The van der Waals surface area contributed by atoms with Gasteiger partial charge in [-0.3, -0.25) is 4.79 Å². The molecule has 1 atom stereocenters. The second-order valence-corrected chi connectivity index (χ2v) is 4.66. The van der Waals surface area contributed by atoms with Crippen molar-refractivity contribution in [2.24, 2.45) is 5.92 Å². The SMILES string of the molecule is O=C(NC(C(=O)O)C1CCCCC1)c1ccco1. The number of carboxylic acids is 1. The van der Waals surface area contributed by atoms with Crippen molar-refractivity contribution in [3.05, 3.63) is 24.2 Å². The summed E-state index contributed by atoms with van der Waals surface area (Å²) in [5.41, 5.74) is 0. The van der Waals surface area contributed by atoms with Gasteiger partial charge in [0.1, 0.15) is 6.04 Å². The van der Waals surface area contributed by atoms with Crippen LogP contribution in [0.15, 0.2) is 22.8 Å². The van der Waals surface area contributed by atoms with E-state index in [0.717, 1.165) is 32.1 Å². The summed E-state index contributed by atoms with van der Waals surface area (Å²) in [6, 6.07) is 2.31. The van der Waals surface area contributed by atoms with E-state index in [1.165, 1.54) is 12.3 Å². The minimum Gasteiger partial charge on any atom is -0.480 e. The third kappa shape index (κ3) is 2.91. The molecular weight excluding hydrogens is 234 g/mol. The molecule has 1 unspecified atom stereocenters. The Kier molecular flexibility index (Phi) is 4.02. The Balaban J connectivity index is 2.02. The highest BCUT2D eigenvalue weighted by Gasteiger charge is 2.31. The Hall–Kier alpha value is -1.78. The maximum atomic E-state index is 11.8. The van der Waals surface area contributed by atoms with Gasteiger partial charge in [-0.15, -0.1) is 0 Å². The average Bonchev–Trinajstić information content (AvgIpc) is 2.90. The molecule has 1 amide bonds. The van der Waals surface area contributed by atoms with Crippen LogP contribution in [0.1, 0.15) is 42.7 Å². The maximum absolute atomic E-state index is 11.8. The summed E-state index contributed by atoms with van der Waals surface area (Å²) in [7, 11) is 0. The fourth-order valence-electron chi connectivity index (χ4n) is 2.47. The summed E-state index contributed by atoms with van der Waals surface area (Å²) in [6.07, 6.45) is 6.32. The summed E-state index contributed by atoms with van der Waals surface area (Å²) < 4.78 is 4.96. The highest BCUT2D eigenvalue weighted by Crippen LogP contribution is 2.26. The highest BCUT2D eigenvalue weighted by molar-refractivity contribution is 5.94. The molecule has 1 aromatic heterocycles. The zero-order valence-corrected chi connectivity index (χ0v) is 10.1. The van der Waals surface area contributed by atoms with Crippen molar-refractivity contribution >= 4 is 11.9 Å². The zero-order valence-electron chi connectivity index (χ0n) is 10.1. The van der Waals surface area contributed by atoms with Crippen molar-refractivity contribution < 1.29 is 19.1 Å². The molecule has 2 N–H and O–H groups in total. The molecule has 5 nitrogen and oxygen atoms in total. The van der Waals surface area contributed by atoms with Gasteiger partial charge in [-0.25, -0.2) is 4.79 Å². The summed E-state index contributed by atoms with van der Waals surface area (Å²) in [4.78, 5) is 23.1. The van der Waals surface area contributed by atoms with Crippen molar-refractivity contribution in [2.75, 3.05) is 0 Å². The highest BCUT2D eigenvalue weighted by atomic mass is 16.4. The van der Waals surface area contributed by atoms with Gasteiger partial charge < -0.3 is 14.8 Å². The van der Waals surface area contributed by atoms with Crippen LogP contribution in [0.3, 0.4) is 0 Å². The van der Waals surface area contributed by atoms with Crippen molar-refractivity contribution in [3.8, 4) is 0 Å². The van der Waals surface area contributed by atoms with Crippen LogP contribution < -0.4 is 5.32 Å². The predicted octanol–water partition coefficient (Wildman–Crippen LogP) is 2.04. The number of aliphatic carboxylic acids is 1. The lowest BCUT2D eigenvalue weighted by Gasteiger charge is -2.27. The van der Waals surface area contributed by atoms with E-state index in [2.05, 4.69) is 5.32 Å². The molecule has 0 aliphatic heterocycles. The van der Waals surface area contributed by atoms with Crippen molar-refractivity contribution in [3.63, 3.8) is 0 Å². The monoisotopic (exact) mass is 251 g/mol. The van der Waals surface area contributed by atoms with E-state index in [-0.39, 0.29) is 11.7 Å². The predicted molar refractivity (Wildman–Crippen MR) is 64.2 cm³/mol. The van der Waals surface area contributed by atoms with E-state index in [1.807, 2.05) is 0 Å². The van der Waals surface area contributed by atoms with Gasteiger partial charge in [-0.2, -0.15) is 0 Å². The van der Waals surface area contributed by atoms with E-state index in [0.29, 0.717) is 0 Å². The fourth-order valence-corrected chi connectivity index (χ4v) is 2.47. The Morgan fingerprint density at radius 1 is 1.33 bits per heavy atom. The number of furan rings is 1. The normalized spacial score (nSPS) is 18.2. The molecule has 98 valence electrons. The summed E-state index contributed by atoms with van der Waals surface area (Å²) >= 11 is 0. The number of hydrogen-bond acceptors (Lipinski definition) is 3. The van der Waals surface area contributed by atoms with Gasteiger partial charge in [0.15, 0.2) is 5.76 Å². The number of carboxylic acid groups (broad SMARTS) is 1. The van der Waals surface area contributed by atoms with Crippen molar-refractivity contribution in [1.29, 1.82) is 0 Å². The third-order valence-electron chi connectivity index (χ3n) is 3.42. The van der Waals surface area contributed by atoms with Crippen LogP contribution in [0.5, 0.6) is 0 Å². The molecule has 2 rings (SSSR count). The molecule has 1 aliphatic rings. The maximum Gasteiger partial charge on any atom is 0.326 e. The first kappa shape index (κ1) is 12.7. The van der Waals surface area contributed by atoms with E-state index >= 15 is 0 Å². The molecule has 1 heterocycles. The van der Waals surface area contributed by atoms with Crippen LogP contribution in [0.4, 0.5) is 0 Å².